The average molecular weight is 257 g/mol. The Morgan fingerprint density at radius 2 is 2.29 bits per heavy atom. The number of carbonyl (C=O) groups is 2. The number of nitrogens with zero attached hydrogens (tertiary/aromatic N) is 1. The summed E-state index contributed by atoms with van der Waals surface area (Å²) in [6, 6.07) is 0. The lowest BCUT2D eigenvalue weighted by molar-refractivity contribution is -0.120. The Labute approximate surface area is 103 Å². The SMILES string of the molecule is CCCNC(=O)CNCc1csc(C(=O)O)n1. The molecule has 0 saturated carbocycles. The van der Waals surface area contributed by atoms with E-state index in [-0.39, 0.29) is 17.5 Å². The number of amides is 1. The van der Waals surface area contributed by atoms with Crippen molar-refractivity contribution in [3.8, 4) is 0 Å². The molecule has 1 amide bonds. The number of hydrogen-bond donors (Lipinski definition) is 3. The van der Waals surface area contributed by atoms with E-state index in [0.717, 1.165) is 17.8 Å². The zero-order valence-corrected chi connectivity index (χ0v) is 10.3. The van der Waals surface area contributed by atoms with Gasteiger partial charge < -0.3 is 15.7 Å². The first-order valence-corrected chi connectivity index (χ1v) is 6.16. The molecular weight excluding hydrogens is 242 g/mol. The molecule has 0 fully saturated rings. The van der Waals surface area contributed by atoms with Crippen LogP contribution in [0.4, 0.5) is 0 Å². The van der Waals surface area contributed by atoms with Crippen LogP contribution in [-0.2, 0) is 11.3 Å². The number of thiazole rings is 1. The molecule has 0 spiro atoms. The first-order valence-electron chi connectivity index (χ1n) is 5.28. The van der Waals surface area contributed by atoms with Gasteiger partial charge in [-0.1, -0.05) is 6.92 Å². The summed E-state index contributed by atoms with van der Waals surface area (Å²) in [5, 5.41) is 16.0. The highest BCUT2D eigenvalue weighted by molar-refractivity contribution is 7.11. The molecule has 0 aliphatic rings. The molecule has 1 aromatic heterocycles. The van der Waals surface area contributed by atoms with Gasteiger partial charge in [0, 0.05) is 18.5 Å². The van der Waals surface area contributed by atoms with Gasteiger partial charge in [-0.25, -0.2) is 9.78 Å². The number of carboxylic acid groups (broad SMARTS) is 1. The second-order valence-corrected chi connectivity index (χ2v) is 4.26. The van der Waals surface area contributed by atoms with E-state index < -0.39 is 5.97 Å². The van der Waals surface area contributed by atoms with Crippen LogP contribution in [0.25, 0.3) is 0 Å². The van der Waals surface area contributed by atoms with Gasteiger partial charge in [0.25, 0.3) is 0 Å². The molecule has 3 N–H and O–H groups in total. The van der Waals surface area contributed by atoms with Gasteiger partial charge in [-0.3, -0.25) is 4.79 Å². The van der Waals surface area contributed by atoms with Crippen molar-refractivity contribution in [3.63, 3.8) is 0 Å². The minimum Gasteiger partial charge on any atom is -0.476 e. The standard InChI is InChI=1S/C10H15N3O3S/c1-2-3-12-8(14)5-11-4-7-6-17-9(13-7)10(15)16/h6,11H,2-5H2,1H3,(H,12,14)(H,15,16). The lowest BCUT2D eigenvalue weighted by atomic mass is 10.4. The molecule has 1 aromatic rings. The minimum atomic E-state index is -1.03. The van der Waals surface area contributed by atoms with Gasteiger partial charge in [-0.05, 0) is 6.42 Å². The van der Waals surface area contributed by atoms with Gasteiger partial charge >= 0.3 is 5.97 Å². The van der Waals surface area contributed by atoms with Crippen molar-refractivity contribution in [2.45, 2.75) is 19.9 Å². The summed E-state index contributed by atoms with van der Waals surface area (Å²) < 4.78 is 0. The van der Waals surface area contributed by atoms with Gasteiger partial charge in [-0.2, -0.15) is 0 Å². The molecule has 1 rings (SSSR count). The summed E-state index contributed by atoms with van der Waals surface area (Å²) in [6.45, 7) is 3.25. The normalized spacial score (nSPS) is 10.2. The van der Waals surface area contributed by atoms with Crippen LogP contribution in [0.2, 0.25) is 0 Å². The second kappa shape index (κ2) is 6.97. The van der Waals surface area contributed by atoms with Gasteiger partial charge in [-0.15, -0.1) is 11.3 Å². The Hall–Kier alpha value is -1.47. The third kappa shape index (κ3) is 4.92. The number of carboxylic acids is 1. The third-order valence-corrected chi connectivity index (χ3v) is 2.78. The van der Waals surface area contributed by atoms with Crippen molar-refractivity contribution in [3.05, 3.63) is 16.1 Å². The highest BCUT2D eigenvalue weighted by Gasteiger charge is 2.08. The molecule has 0 atom stereocenters. The van der Waals surface area contributed by atoms with E-state index in [4.69, 9.17) is 5.11 Å². The first-order chi connectivity index (χ1) is 8.13. The number of nitrogens with one attached hydrogen (secondary N) is 2. The zero-order chi connectivity index (χ0) is 12.7. The Kier molecular flexibility index (Phi) is 5.58. The lowest BCUT2D eigenvalue weighted by Gasteiger charge is -2.03. The van der Waals surface area contributed by atoms with Gasteiger partial charge in [0.1, 0.15) is 0 Å². The maximum Gasteiger partial charge on any atom is 0.365 e. The quantitative estimate of drug-likeness (QED) is 0.660. The van der Waals surface area contributed by atoms with E-state index in [2.05, 4.69) is 15.6 Å². The van der Waals surface area contributed by atoms with Crippen LogP contribution >= 0.6 is 11.3 Å². The summed E-state index contributed by atoms with van der Waals surface area (Å²) in [5.41, 5.74) is 0.635. The highest BCUT2D eigenvalue weighted by atomic mass is 32.1. The van der Waals surface area contributed by atoms with Gasteiger partial charge in [0.2, 0.25) is 10.9 Å². The van der Waals surface area contributed by atoms with E-state index in [0.29, 0.717) is 18.8 Å². The fraction of sp³-hybridized carbons (Fsp3) is 0.500. The molecule has 0 aromatic carbocycles. The summed E-state index contributed by atoms with van der Waals surface area (Å²) in [5.74, 6) is -1.09. The van der Waals surface area contributed by atoms with Crippen LogP contribution < -0.4 is 10.6 Å². The summed E-state index contributed by atoms with van der Waals surface area (Å²) in [7, 11) is 0. The minimum absolute atomic E-state index is 0.0669. The monoisotopic (exact) mass is 257 g/mol. The smallest absolute Gasteiger partial charge is 0.365 e. The van der Waals surface area contributed by atoms with Crippen LogP contribution in [0.3, 0.4) is 0 Å². The van der Waals surface area contributed by atoms with Crippen LogP contribution in [0.15, 0.2) is 5.38 Å². The molecule has 0 unspecified atom stereocenters. The fourth-order valence-corrected chi connectivity index (χ4v) is 1.77. The molecular formula is C10H15N3O3S. The summed E-state index contributed by atoms with van der Waals surface area (Å²) in [6.07, 6.45) is 0.903. The van der Waals surface area contributed by atoms with Crippen molar-refractivity contribution in [2.24, 2.45) is 0 Å². The maximum absolute atomic E-state index is 11.2. The molecule has 0 bridgehead atoms. The Morgan fingerprint density at radius 3 is 2.88 bits per heavy atom. The number of aromatic nitrogens is 1. The molecule has 94 valence electrons. The Morgan fingerprint density at radius 1 is 1.53 bits per heavy atom. The van der Waals surface area contributed by atoms with E-state index in [1.54, 1.807) is 5.38 Å². The Balaban J connectivity index is 2.26. The lowest BCUT2D eigenvalue weighted by Crippen LogP contribution is -2.34. The molecule has 0 aliphatic carbocycles. The van der Waals surface area contributed by atoms with Crippen molar-refractivity contribution in [2.75, 3.05) is 13.1 Å². The van der Waals surface area contributed by atoms with E-state index in [1.165, 1.54) is 0 Å². The zero-order valence-electron chi connectivity index (χ0n) is 9.52. The average Bonchev–Trinajstić information content (AvgIpc) is 2.75. The van der Waals surface area contributed by atoms with Crippen molar-refractivity contribution in [1.82, 2.24) is 15.6 Å². The predicted octanol–water partition coefficient (Wildman–Crippen LogP) is 0.457. The molecule has 6 nitrogen and oxygen atoms in total. The van der Waals surface area contributed by atoms with Crippen LogP contribution in [-0.4, -0.2) is 35.1 Å². The maximum atomic E-state index is 11.2. The van der Waals surface area contributed by atoms with E-state index in [1.807, 2.05) is 6.92 Å². The summed E-state index contributed by atoms with van der Waals surface area (Å²) in [4.78, 5) is 25.7. The fourth-order valence-electron chi connectivity index (χ4n) is 1.12. The molecule has 1 heterocycles. The van der Waals surface area contributed by atoms with Crippen LogP contribution in [0, 0.1) is 0 Å². The van der Waals surface area contributed by atoms with Crippen molar-refractivity contribution in [1.29, 1.82) is 0 Å². The third-order valence-electron chi connectivity index (χ3n) is 1.90. The molecule has 7 heteroatoms. The second-order valence-electron chi connectivity index (χ2n) is 3.40. The van der Waals surface area contributed by atoms with Crippen molar-refractivity contribution < 1.29 is 14.7 Å². The van der Waals surface area contributed by atoms with Gasteiger partial charge in [0.05, 0.1) is 12.2 Å². The van der Waals surface area contributed by atoms with Crippen LogP contribution in [0.1, 0.15) is 28.8 Å². The molecule has 0 radical (unpaired) electrons. The van der Waals surface area contributed by atoms with E-state index in [9.17, 15) is 9.59 Å². The van der Waals surface area contributed by atoms with Crippen LogP contribution in [0.5, 0.6) is 0 Å². The molecule has 0 aliphatic heterocycles. The topological polar surface area (TPSA) is 91.3 Å². The first kappa shape index (κ1) is 13.6. The van der Waals surface area contributed by atoms with Crippen molar-refractivity contribution >= 4 is 23.2 Å². The highest BCUT2D eigenvalue weighted by Crippen LogP contribution is 2.08. The number of aromatic carboxylic acids is 1. The van der Waals surface area contributed by atoms with Gasteiger partial charge in [0.15, 0.2) is 0 Å². The largest absolute Gasteiger partial charge is 0.476 e. The number of rotatable bonds is 7. The molecule has 17 heavy (non-hydrogen) atoms. The number of hydrogen-bond acceptors (Lipinski definition) is 5. The molecule has 0 saturated heterocycles. The predicted molar refractivity (Wildman–Crippen MR) is 64.1 cm³/mol. The van der Waals surface area contributed by atoms with E-state index >= 15 is 0 Å². The number of carbonyl (C=O) groups excluding carboxylic acids is 1. The summed E-state index contributed by atoms with van der Waals surface area (Å²) >= 11 is 1.08. The Bertz CT molecular complexity index is 392.